The van der Waals surface area contributed by atoms with Crippen molar-refractivity contribution in [1.29, 1.82) is 0 Å². The van der Waals surface area contributed by atoms with Gasteiger partial charge in [-0.15, -0.1) is 11.6 Å². The summed E-state index contributed by atoms with van der Waals surface area (Å²) in [5.41, 5.74) is 2.07. The molecule has 0 atom stereocenters. The van der Waals surface area contributed by atoms with Crippen LogP contribution in [0.25, 0.3) is 0 Å². The quantitative estimate of drug-likeness (QED) is 0.436. The van der Waals surface area contributed by atoms with Crippen LogP contribution in [0.1, 0.15) is 21.5 Å². The maximum atomic E-state index is 12.1. The molecule has 0 radical (unpaired) electrons. The molecule has 2 aromatic carbocycles. The first-order chi connectivity index (χ1) is 9.51. The third-order valence-electron chi connectivity index (χ3n) is 2.73. The minimum absolute atomic E-state index is 0.306. The van der Waals surface area contributed by atoms with Crippen LogP contribution in [0.5, 0.6) is 5.75 Å². The molecule has 0 fully saturated rings. The van der Waals surface area contributed by atoms with Crippen molar-refractivity contribution in [3.8, 4) is 5.75 Å². The van der Waals surface area contributed by atoms with Gasteiger partial charge in [0.25, 0.3) is 0 Å². The van der Waals surface area contributed by atoms with Crippen molar-refractivity contribution in [3.63, 3.8) is 0 Å². The van der Waals surface area contributed by atoms with Gasteiger partial charge in [0.1, 0.15) is 0 Å². The number of ether oxygens (including phenoxy) is 1. The first kappa shape index (κ1) is 15.2. The number of carbonyl (C=O) groups excluding carboxylic acids is 1. The largest absolute Gasteiger partial charge is 0.421 e. The number of alkyl halides is 1. The molecule has 0 aromatic heterocycles. The molecule has 0 N–H and O–H groups in total. The van der Waals surface area contributed by atoms with Gasteiger partial charge in [0.05, 0.1) is 10.6 Å². The Morgan fingerprint density at radius 2 is 1.80 bits per heavy atom. The molecule has 5 heteroatoms. The summed E-state index contributed by atoms with van der Waals surface area (Å²) in [7, 11) is 0. The van der Waals surface area contributed by atoms with Crippen LogP contribution in [0.2, 0.25) is 10.0 Å². The number of rotatable bonds is 3. The Labute approximate surface area is 132 Å². The monoisotopic (exact) mass is 328 g/mol. The molecular formula is C15H11Cl3O2. The van der Waals surface area contributed by atoms with Gasteiger partial charge >= 0.3 is 5.97 Å². The Morgan fingerprint density at radius 1 is 1.15 bits per heavy atom. The fraction of sp³-hybridized carbons (Fsp3) is 0.133. The van der Waals surface area contributed by atoms with E-state index in [1.807, 2.05) is 0 Å². The molecule has 0 unspecified atom stereocenters. The van der Waals surface area contributed by atoms with Crippen molar-refractivity contribution < 1.29 is 9.53 Å². The van der Waals surface area contributed by atoms with Gasteiger partial charge in [0, 0.05) is 10.9 Å². The van der Waals surface area contributed by atoms with Crippen molar-refractivity contribution in [1.82, 2.24) is 0 Å². The highest BCUT2D eigenvalue weighted by Gasteiger charge is 2.14. The fourth-order valence-electron chi connectivity index (χ4n) is 1.70. The zero-order valence-electron chi connectivity index (χ0n) is 10.6. The molecule has 2 nitrogen and oxygen atoms in total. The lowest BCUT2D eigenvalue weighted by Gasteiger charge is -2.10. The second-order valence-corrected chi connectivity index (χ2v) is 5.36. The normalized spacial score (nSPS) is 10.4. The van der Waals surface area contributed by atoms with Gasteiger partial charge in [0.15, 0.2) is 5.75 Å². The van der Waals surface area contributed by atoms with Gasteiger partial charge in [-0.3, -0.25) is 0 Å². The Bertz CT molecular complexity index is 613. The molecule has 2 rings (SSSR count). The minimum atomic E-state index is -0.474. The van der Waals surface area contributed by atoms with Gasteiger partial charge in [-0.25, -0.2) is 4.79 Å². The average Bonchev–Trinajstić information content (AvgIpc) is 2.42. The number of esters is 1. The van der Waals surface area contributed by atoms with E-state index in [0.29, 0.717) is 32.8 Å². The van der Waals surface area contributed by atoms with Crippen LogP contribution in [0.15, 0.2) is 36.4 Å². The lowest BCUT2D eigenvalue weighted by molar-refractivity contribution is 0.0733. The fourth-order valence-corrected chi connectivity index (χ4v) is 2.51. The number of hydrogen-bond acceptors (Lipinski definition) is 2. The lowest BCUT2D eigenvalue weighted by Crippen LogP contribution is -2.09. The Kier molecular flexibility index (Phi) is 4.92. The molecule has 0 aliphatic heterocycles. The van der Waals surface area contributed by atoms with Gasteiger partial charge in [0.2, 0.25) is 0 Å². The summed E-state index contributed by atoms with van der Waals surface area (Å²) >= 11 is 17.6. The van der Waals surface area contributed by atoms with Crippen molar-refractivity contribution >= 4 is 40.8 Å². The number of aryl methyl sites for hydroxylation is 1. The van der Waals surface area contributed by atoms with Crippen LogP contribution in [0.4, 0.5) is 0 Å². The highest BCUT2D eigenvalue weighted by Crippen LogP contribution is 2.32. The summed E-state index contributed by atoms with van der Waals surface area (Å²) in [4.78, 5) is 12.1. The Morgan fingerprint density at radius 3 is 2.35 bits per heavy atom. The van der Waals surface area contributed by atoms with Crippen LogP contribution in [-0.2, 0) is 5.88 Å². The summed E-state index contributed by atoms with van der Waals surface area (Å²) in [6.45, 7) is 1.77. The summed E-state index contributed by atoms with van der Waals surface area (Å²) in [5, 5.41) is 0.805. The maximum absolute atomic E-state index is 12.1. The van der Waals surface area contributed by atoms with Gasteiger partial charge in [-0.1, -0.05) is 35.3 Å². The average molecular weight is 330 g/mol. The molecule has 0 spiro atoms. The minimum Gasteiger partial charge on any atom is -0.421 e. The van der Waals surface area contributed by atoms with E-state index in [1.54, 1.807) is 37.3 Å². The molecule has 0 aliphatic rings. The molecule has 2 aromatic rings. The van der Waals surface area contributed by atoms with Crippen molar-refractivity contribution in [2.24, 2.45) is 0 Å². The zero-order valence-corrected chi connectivity index (χ0v) is 12.9. The van der Waals surface area contributed by atoms with E-state index in [9.17, 15) is 4.79 Å². The van der Waals surface area contributed by atoms with E-state index in [-0.39, 0.29) is 0 Å². The summed E-state index contributed by atoms with van der Waals surface area (Å²) in [6.07, 6.45) is 0. The van der Waals surface area contributed by atoms with Crippen LogP contribution in [0, 0.1) is 6.92 Å². The molecule has 0 amide bonds. The Balaban J connectivity index is 2.23. The van der Waals surface area contributed by atoms with Crippen LogP contribution < -0.4 is 4.74 Å². The standard InChI is InChI=1S/C15H11Cl3O2/c1-9-6-12(17)7-13(18)14(9)20-15(19)11-4-2-10(8-16)3-5-11/h2-7H,8H2,1H3. The smallest absolute Gasteiger partial charge is 0.343 e. The topological polar surface area (TPSA) is 26.3 Å². The van der Waals surface area contributed by atoms with E-state index in [1.165, 1.54) is 6.07 Å². The highest BCUT2D eigenvalue weighted by molar-refractivity contribution is 6.35. The van der Waals surface area contributed by atoms with E-state index in [4.69, 9.17) is 39.5 Å². The van der Waals surface area contributed by atoms with Crippen molar-refractivity contribution in [2.45, 2.75) is 12.8 Å². The number of benzene rings is 2. The van der Waals surface area contributed by atoms with E-state index in [0.717, 1.165) is 5.56 Å². The van der Waals surface area contributed by atoms with Crippen molar-refractivity contribution in [3.05, 3.63) is 63.1 Å². The summed E-state index contributed by atoms with van der Waals surface area (Å²) in [6, 6.07) is 10.1. The van der Waals surface area contributed by atoms with Crippen LogP contribution in [-0.4, -0.2) is 5.97 Å². The number of carbonyl (C=O) groups is 1. The molecule has 20 heavy (non-hydrogen) atoms. The number of halogens is 3. The van der Waals surface area contributed by atoms with E-state index < -0.39 is 5.97 Å². The Hall–Kier alpha value is -1.22. The molecule has 0 heterocycles. The first-order valence-corrected chi connectivity index (χ1v) is 7.13. The van der Waals surface area contributed by atoms with Gasteiger partial charge in [-0.05, 0) is 42.3 Å². The van der Waals surface area contributed by atoms with Crippen LogP contribution in [0.3, 0.4) is 0 Å². The highest BCUT2D eigenvalue weighted by atomic mass is 35.5. The third kappa shape index (κ3) is 3.45. The second-order valence-electron chi connectivity index (χ2n) is 4.25. The maximum Gasteiger partial charge on any atom is 0.343 e. The molecule has 0 aliphatic carbocycles. The number of hydrogen-bond donors (Lipinski definition) is 0. The summed E-state index contributed by atoms with van der Waals surface area (Å²) < 4.78 is 5.33. The van der Waals surface area contributed by atoms with Crippen LogP contribution >= 0.6 is 34.8 Å². The van der Waals surface area contributed by atoms with Crippen molar-refractivity contribution in [2.75, 3.05) is 0 Å². The van der Waals surface area contributed by atoms with E-state index in [2.05, 4.69) is 0 Å². The molecule has 0 bridgehead atoms. The van der Waals surface area contributed by atoms with Gasteiger partial charge < -0.3 is 4.74 Å². The molecule has 0 saturated heterocycles. The zero-order chi connectivity index (χ0) is 14.7. The van der Waals surface area contributed by atoms with E-state index >= 15 is 0 Å². The summed E-state index contributed by atoms with van der Waals surface area (Å²) in [5.74, 6) is 0.248. The first-order valence-electron chi connectivity index (χ1n) is 5.84. The predicted octanol–water partition coefficient (Wildman–Crippen LogP) is 5.26. The second kappa shape index (κ2) is 6.49. The molecule has 104 valence electrons. The SMILES string of the molecule is Cc1cc(Cl)cc(Cl)c1OC(=O)c1ccc(CCl)cc1. The van der Waals surface area contributed by atoms with Gasteiger partial charge in [-0.2, -0.15) is 0 Å². The molecule has 0 saturated carbocycles. The lowest BCUT2D eigenvalue weighted by atomic mass is 10.1. The predicted molar refractivity (Wildman–Crippen MR) is 82.2 cm³/mol. The third-order valence-corrected chi connectivity index (χ3v) is 3.54. The molecular weight excluding hydrogens is 319 g/mol.